The SMILES string of the molecule is CSCC[C@H](C)NC(=O)NC[C@@]1(C)CCCS1. The van der Waals surface area contributed by atoms with Gasteiger partial charge in [0.05, 0.1) is 0 Å². The van der Waals surface area contributed by atoms with E-state index in [9.17, 15) is 4.79 Å². The number of hydrogen-bond acceptors (Lipinski definition) is 3. The van der Waals surface area contributed by atoms with Crippen molar-refractivity contribution in [2.24, 2.45) is 0 Å². The lowest BCUT2D eigenvalue weighted by Gasteiger charge is -2.23. The molecule has 0 aromatic rings. The fraction of sp³-hybridized carbons (Fsp3) is 0.917. The van der Waals surface area contributed by atoms with E-state index in [0.29, 0.717) is 0 Å². The molecule has 1 fully saturated rings. The summed E-state index contributed by atoms with van der Waals surface area (Å²) in [5, 5.41) is 5.98. The van der Waals surface area contributed by atoms with Gasteiger partial charge < -0.3 is 10.6 Å². The molecule has 1 rings (SSSR count). The maximum absolute atomic E-state index is 11.7. The molecule has 0 unspecified atom stereocenters. The Morgan fingerprint density at radius 3 is 2.94 bits per heavy atom. The Morgan fingerprint density at radius 1 is 1.59 bits per heavy atom. The monoisotopic (exact) mass is 276 g/mol. The molecule has 0 aliphatic carbocycles. The van der Waals surface area contributed by atoms with E-state index in [1.54, 1.807) is 0 Å². The summed E-state index contributed by atoms with van der Waals surface area (Å²) in [6.07, 6.45) is 5.60. The number of nitrogens with one attached hydrogen (secondary N) is 2. The van der Waals surface area contributed by atoms with Gasteiger partial charge in [0.2, 0.25) is 0 Å². The van der Waals surface area contributed by atoms with E-state index in [1.807, 2.05) is 23.5 Å². The van der Waals surface area contributed by atoms with Gasteiger partial charge in [-0.15, -0.1) is 0 Å². The molecular weight excluding hydrogens is 252 g/mol. The highest BCUT2D eigenvalue weighted by Gasteiger charge is 2.29. The van der Waals surface area contributed by atoms with Crippen molar-refractivity contribution in [3.63, 3.8) is 0 Å². The Hall–Kier alpha value is -0.0300. The molecule has 1 aliphatic rings. The molecule has 1 saturated heterocycles. The van der Waals surface area contributed by atoms with E-state index in [1.165, 1.54) is 18.6 Å². The molecule has 0 aromatic heterocycles. The Kier molecular flexibility index (Phi) is 6.55. The number of thioether (sulfide) groups is 2. The van der Waals surface area contributed by atoms with Gasteiger partial charge in [-0.25, -0.2) is 4.79 Å². The quantitative estimate of drug-likeness (QED) is 0.784. The highest BCUT2D eigenvalue weighted by Crippen LogP contribution is 2.36. The molecule has 1 heterocycles. The van der Waals surface area contributed by atoms with E-state index >= 15 is 0 Å². The highest BCUT2D eigenvalue weighted by atomic mass is 32.2. The van der Waals surface area contributed by atoms with Gasteiger partial charge >= 0.3 is 6.03 Å². The van der Waals surface area contributed by atoms with Gasteiger partial charge in [-0.3, -0.25) is 0 Å². The molecule has 17 heavy (non-hydrogen) atoms. The smallest absolute Gasteiger partial charge is 0.315 e. The van der Waals surface area contributed by atoms with Crippen LogP contribution in [0.2, 0.25) is 0 Å². The minimum absolute atomic E-state index is 0.0210. The molecule has 0 bridgehead atoms. The van der Waals surface area contributed by atoms with Gasteiger partial charge in [-0.2, -0.15) is 23.5 Å². The van der Waals surface area contributed by atoms with Crippen LogP contribution < -0.4 is 10.6 Å². The zero-order valence-electron chi connectivity index (χ0n) is 11.0. The van der Waals surface area contributed by atoms with Crippen molar-refractivity contribution in [1.29, 1.82) is 0 Å². The second kappa shape index (κ2) is 7.41. The fourth-order valence-electron chi connectivity index (χ4n) is 1.89. The first-order valence-corrected chi connectivity index (χ1v) is 8.61. The van der Waals surface area contributed by atoms with E-state index in [-0.39, 0.29) is 16.8 Å². The molecule has 0 aromatic carbocycles. The summed E-state index contributed by atoms with van der Waals surface area (Å²) in [4.78, 5) is 11.7. The van der Waals surface area contributed by atoms with Gasteiger partial charge in [0.15, 0.2) is 0 Å². The van der Waals surface area contributed by atoms with Crippen LogP contribution in [0.25, 0.3) is 0 Å². The Bertz CT molecular complexity index is 243. The molecule has 2 atom stereocenters. The first-order chi connectivity index (χ1) is 8.06. The van der Waals surface area contributed by atoms with Crippen molar-refractivity contribution < 1.29 is 4.79 Å². The number of rotatable bonds is 6. The van der Waals surface area contributed by atoms with Crippen molar-refractivity contribution in [1.82, 2.24) is 10.6 Å². The summed E-state index contributed by atoms with van der Waals surface area (Å²) in [6, 6.07) is 0.235. The Labute approximate surface area is 113 Å². The van der Waals surface area contributed by atoms with Gasteiger partial charge in [0.1, 0.15) is 0 Å². The second-order valence-corrected chi connectivity index (χ2v) is 7.58. The topological polar surface area (TPSA) is 41.1 Å². The van der Waals surface area contributed by atoms with Crippen molar-refractivity contribution >= 4 is 29.6 Å². The largest absolute Gasteiger partial charge is 0.337 e. The molecular formula is C12H24N2OS2. The van der Waals surface area contributed by atoms with Gasteiger partial charge in [0.25, 0.3) is 0 Å². The van der Waals surface area contributed by atoms with Crippen LogP contribution in [-0.4, -0.2) is 41.1 Å². The predicted octanol–water partition coefficient (Wildman–Crippen LogP) is 2.71. The maximum Gasteiger partial charge on any atom is 0.315 e. The van der Waals surface area contributed by atoms with Crippen molar-refractivity contribution in [3.05, 3.63) is 0 Å². The third-order valence-electron chi connectivity index (χ3n) is 3.06. The molecule has 3 nitrogen and oxygen atoms in total. The summed E-state index contributed by atoms with van der Waals surface area (Å²) in [5.74, 6) is 2.32. The van der Waals surface area contributed by atoms with Crippen molar-refractivity contribution in [3.8, 4) is 0 Å². The third kappa shape index (κ3) is 5.91. The van der Waals surface area contributed by atoms with E-state index < -0.39 is 0 Å². The van der Waals surface area contributed by atoms with Crippen LogP contribution in [0.5, 0.6) is 0 Å². The van der Waals surface area contributed by atoms with Crippen molar-refractivity contribution in [2.75, 3.05) is 24.3 Å². The van der Waals surface area contributed by atoms with Gasteiger partial charge in [-0.05, 0) is 50.9 Å². The summed E-state index contributed by atoms with van der Waals surface area (Å²) in [7, 11) is 0. The first-order valence-electron chi connectivity index (χ1n) is 6.23. The van der Waals surface area contributed by atoms with Gasteiger partial charge in [-0.1, -0.05) is 0 Å². The zero-order valence-corrected chi connectivity index (χ0v) is 12.7. The summed E-state index contributed by atoms with van der Waals surface area (Å²) in [5.41, 5.74) is 0. The van der Waals surface area contributed by atoms with Crippen LogP contribution in [0.15, 0.2) is 0 Å². The fourth-order valence-corrected chi connectivity index (χ4v) is 3.72. The van der Waals surface area contributed by atoms with E-state index in [2.05, 4.69) is 30.7 Å². The molecule has 5 heteroatoms. The molecule has 0 spiro atoms. The Balaban J connectivity index is 2.16. The minimum Gasteiger partial charge on any atom is -0.337 e. The lowest BCUT2D eigenvalue weighted by atomic mass is 10.1. The van der Waals surface area contributed by atoms with Crippen LogP contribution in [0.3, 0.4) is 0 Å². The molecule has 0 saturated carbocycles. The van der Waals surface area contributed by atoms with E-state index in [0.717, 1.165) is 18.7 Å². The summed E-state index contributed by atoms with van der Waals surface area (Å²) in [6.45, 7) is 5.07. The van der Waals surface area contributed by atoms with Crippen molar-refractivity contribution in [2.45, 2.75) is 43.9 Å². The predicted molar refractivity (Wildman–Crippen MR) is 79.1 cm³/mol. The standard InChI is InChI=1S/C12H24N2OS2/c1-10(5-8-16-3)14-11(15)13-9-12(2)6-4-7-17-12/h10H,4-9H2,1-3H3,(H2,13,14,15)/t10-,12+/m0/s1. The van der Waals surface area contributed by atoms with Crippen LogP contribution in [0.1, 0.15) is 33.1 Å². The van der Waals surface area contributed by atoms with Crippen LogP contribution in [0.4, 0.5) is 4.79 Å². The minimum atomic E-state index is -0.0210. The number of carbonyl (C=O) groups is 1. The third-order valence-corrected chi connectivity index (χ3v) is 5.24. The Morgan fingerprint density at radius 2 is 2.35 bits per heavy atom. The highest BCUT2D eigenvalue weighted by molar-refractivity contribution is 8.00. The van der Waals surface area contributed by atoms with Crippen LogP contribution in [0, 0.1) is 0 Å². The van der Waals surface area contributed by atoms with Gasteiger partial charge in [0, 0.05) is 17.3 Å². The zero-order chi connectivity index (χ0) is 12.7. The molecule has 0 radical (unpaired) electrons. The average Bonchev–Trinajstić information content (AvgIpc) is 2.71. The van der Waals surface area contributed by atoms with Crippen LogP contribution in [-0.2, 0) is 0 Å². The number of urea groups is 1. The van der Waals surface area contributed by atoms with E-state index in [4.69, 9.17) is 0 Å². The maximum atomic E-state index is 11.7. The first kappa shape index (κ1) is 15.0. The molecule has 100 valence electrons. The second-order valence-electron chi connectivity index (χ2n) is 4.91. The summed E-state index contributed by atoms with van der Waals surface area (Å²) >= 11 is 3.79. The van der Waals surface area contributed by atoms with Crippen LogP contribution >= 0.6 is 23.5 Å². The number of carbonyl (C=O) groups excluding carboxylic acids is 1. The molecule has 1 aliphatic heterocycles. The number of hydrogen-bond donors (Lipinski definition) is 2. The number of amides is 2. The lowest BCUT2D eigenvalue weighted by Crippen LogP contribution is -2.45. The lowest BCUT2D eigenvalue weighted by molar-refractivity contribution is 0.236. The molecule has 2 N–H and O–H groups in total. The summed E-state index contributed by atoms with van der Waals surface area (Å²) < 4.78 is 0.250. The molecule has 2 amide bonds. The average molecular weight is 276 g/mol. The normalized spacial score (nSPS) is 25.6.